The number of aromatic nitrogens is 4. The lowest BCUT2D eigenvalue weighted by Gasteiger charge is -2.31. The average Bonchev–Trinajstić information content (AvgIpc) is 3.29. The highest BCUT2D eigenvalue weighted by Crippen LogP contribution is 2.57. The summed E-state index contributed by atoms with van der Waals surface area (Å²) in [6.07, 6.45) is -1.98. The normalized spacial score (nSPS) is 28.9. The summed E-state index contributed by atoms with van der Waals surface area (Å²) in [5.41, 5.74) is 0.898. The fourth-order valence-corrected chi connectivity index (χ4v) is 4.70. The smallest absolute Gasteiger partial charge is 0.359 e. The second-order valence-corrected chi connectivity index (χ2v) is 10.0. The zero-order valence-corrected chi connectivity index (χ0v) is 18.8. The van der Waals surface area contributed by atoms with Crippen molar-refractivity contribution in [2.45, 2.75) is 76.0 Å². The van der Waals surface area contributed by atoms with Gasteiger partial charge in [0.15, 0.2) is 23.0 Å². The van der Waals surface area contributed by atoms with E-state index in [0.717, 1.165) is 0 Å². The number of hydrogen-bond donors (Lipinski definition) is 5. The van der Waals surface area contributed by atoms with E-state index in [0.29, 0.717) is 23.4 Å². The van der Waals surface area contributed by atoms with Crippen LogP contribution in [0.2, 0.25) is 0 Å². The van der Waals surface area contributed by atoms with Crippen LogP contribution in [-0.2, 0) is 13.8 Å². The Bertz CT molecular complexity index is 955. The summed E-state index contributed by atoms with van der Waals surface area (Å²) in [6, 6.07) is 0. The first-order chi connectivity index (χ1) is 14.6. The molecule has 0 spiro atoms. The van der Waals surface area contributed by atoms with Gasteiger partial charge >= 0.3 is 7.60 Å². The Balaban J connectivity index is 1.79. The first kappa shape index (κ1) is 24.0. The second kappa shape index (κ2) is 9.07. The van der Waals surface area contributed by atoms with Gasteiger partial charge in [-0.25, -0.2) is 15.0 Å². The van der Waals surface area contributed by atoms with E-state index >= 15 is 0 Å². The molecule has 13 heteroatoms. The Hall–Kier alpha value is -1.66. The van der Waals surface area contributed by atoms with Crippen molar-refractivity contribution < 1.29 is 34.0 Å². The Morgan fingerprint density at radius 1 is 1.32 bits per heavy atom. The van der Waals surface area contributed by atoms with Gasteiger partial charge in [-0.1, -0.05) is 13.8 Å². The van der Waals surface area contributed by atoms with Crippen molar-refractivity contribution in [1.29, 1.82) is 0 Å². The first-order valence-corrected chi connectivity index (χ1v) is 11.7. The molecule has 2 aromatic rings. The molecule has 3 heterocycles. The molecule has 0 saturated carbocycles. The van der Waals surface area contributed by atoms with Crippen LogP contribution in [0.25, 0.3) is 11.2 Å². The van der Waals surface area contributed by atoms with Gasteiger partial charge < -0.3 is 34.8 Å². The first-order valence-electron chi connectivity index (χ1n) is 10.2. The summed E-state index contributed by atoms with van der Waals surface area (Å²) in [7, 11) is -2.65. The van der Waals surface area contributed by atoms with E-state index in [1.807, 2.05) is 0 Å². The van der Waals surface area contributed by atoms with Crippen LogP contribution in [0.5, 0.6) is 0 Å². The fraction of sp³-hybridized carbons (Fsp3) is 0.722. The number of nitrogens with one attached hydrogen (secondary N) is 1. The molecule has 0 aromatic carbocycles. The minimum Gasteiger partial charge on any atom is -0.388 e. The zero-order chi connectivity index (χ0) is 23.0. The Morgan fingerprint density at radius 3 is 2.65 bits per heavy atom. The van der Waals surface area contributed by atoms with Gasteiger partial charge in [0.25, 0.3) is 0 Å². The molecule has 0 bridgehead atoms. The zero-order valence-electron chi connectivity index (χ0n) is 17.9. The fourth-order valence-electron chi connectivity index (χ4n) is 3.43. The van der Waals surface area contributed by atoms with Crippen molar-refractivity contribution in [3.63, 3.8) is 0 Å². The van der Waals surface area contributed by atoms with Crippen LogP contribution in [0.3, 0.4) is 0 Å². The Kier molecular flexibility index (Phi) is 7.02. The van der Waals surface area contributed by atoms with E-state index in [-0.39, 0.29) is 12.8 Å². The lowest BCUT2D eigenvalue weighted by atomic mass is 10.0. The van der Waals surface area contributed by atoms with E-state index in [1.165, 1.54) is 24.1 Å². The van der Waals surface area contributed by atoms with Crippen molar-refractivity contribution in [1.82, 2.24) is 19.5 Å². The number of aliphatic hydroxyl groups excluding tert-OH is 2. The van der Waals surface area contributed by atoms with Crippen molar-refractivity contribution in [2.75, 3.05) is 12.4 Å². The second-order valence-electron chi connectivity index (χ2n) is 7.80. The Labute approximate surface area is 179 Å². The van der Waals surface area contributed by atoms with Crippen LogP contribution < -0.4 is 5.32 Å². The Morgan fingerprint density at radius 2 is 2.03 bits per heavy atom. The molecule has 3 rings (SSSR count). The summed E-state index contributed by atoms with van der Waals surface area (Å²) < 4.78 is 25.3. The number of fused-ring (bicyclic) bond motifs is 1. The quantitative estimate of drug-likeness (QED) is 0.338. The summed E-state index contributed by atoms with van der Waals surface area (Å²) in [5, 5.41) is 32.4. The number of anilines is 1. The van der Waals surface area contributed by atoms with Crippen LogP contribution in [0.1, 0.15) is 46.3 Å². The molecular weight excluding hydrogens is 429 g/mol. The SMILES string of the molecule is CCC(CC1O[C@@H](n2cnc3c(NC)ncnc32)[C@H](O)[C@@H]1O)OP(=O)(O)C(C)(O)CC. The minimum atomic E-state index is -4.35. The maximum atomic E-state index is 12.5. The van der Waals surface area contributed by atoms with Gasteiger partial charge in [-0.05, 0) is 19.8 Å². The number of nitrogens with zero attached hydrogens (tertiary/aromatic N) is 4. The van der Waals surface area contributed by atoms with Gasteiger partial charge in [0.1, 0.15) is 24.1 Å². The molecule has 5 N–H and O–H groups in total. The maximum absolute atomic E-state index is 12.5. The lowest BCUT2D eigenvalue weighted by molar-refractivity contribution is -0.0490. The molecule has 1 aliphatic heterocycles. The van der Waals surface area contributed by atoms with Crippen molar-refractivity contribution in [2.24, 2.45) is 0 Å². The molecule has 0 amide bonds. The molecule has 1 aliphatic rings. The lowest BCUT2D eigenvalue weighted by Crippen LogP contribution is -2.34. The van der Waals surface area contributed by atoms with Crippen LogP contribution in [-0.4, -0.2) is 76.5 Å². The van der Waals surface area contributed by atoms with Gasteiger partial charge in [0.05, 0.1) is 18.5 Å². The minimum absolute atomic E-state index is 0.0325. The molecule has 2 aromatic heterocycles. The van der Waals surface area contributed by atoms with Gasteiger partial charge in [-0.2, -0.15) is 0 Å². The highest BCUT2D eigenvalue weighted by atomic mass is 31.2. The molecule has 0 radical (unpaired) electrons. The van der Waals surface area contributed by atoms with Crippen LogP contribution >= 0.6 is 7.60 Å². The summed E-state index contributed by atoms with van der Waals surface area (Å²) in [4.78, 5) is 22.7. The van der Waals surface area contributed by atoms with E-state index < -0.39 is 43.6 Å². The molecule has 12 nitrogen and oxygen atoms in total. The monoisotopic (exact) mass is 459 g/mol. The summed E-state index contributed by atoms with van der Waals surface area (Å²) in [6.45, 7) is 4.57. The van der Waals surface area contributed by atoms with Crippen LogP contribution in [0.15, 0.2) is 12.7 Å². The van der Waals surface area contributed by atoms with Gasteiger partial charge in [-0.3, -0.25) is 9.13 Å². The van der Waals surface area contributed by atoms with Crippen molar-refractivity contribution >= 4 is 24.6 Å². The maximum Gasteiger partial charge on any atom is 0.359 e. The highest BCUT2D eigenvalue weighted by molar-refractivity contribution is 7.54. The number of rotatable bonds is 9. The van der Waals surface area contributed by atoms with Gasteiger partial charge in [0.2, 0.25) is 0 Å². The van der Waals surface area contributed by atoms with Crippen molar-refractivity contribution in [3.8, 4) is 0 Å². The largest absolute Gasteiger partial charge is 0.388 e. The molecule has 4 unspecified atom stereocenters. The highest BCUT2D eigenvalue weighted by Gasteiger charge is 2.47. The molecule has 174 valence electrons. The molecule has 1 saturated heterocycles. The number of aliphatic hydroxyl groups is 3. The molecular formula is C18H30N5O7P. The molecule has 1 fully saturated rings. The van der Waals surface area contributed by atoms with Gasteiger partial charge in [-0.15, -0.1) is 0 Å². The number of hydrogen-bond acceptors (Lipinski definition) is 10. The van der Waals surface area contributed by atoms with E-state index in [1.54, 1.807) is 20.9 Å². The molecule has 31 heavy (non-hydrogen) atoms. The van der Waals surface area contributed by atoms with E-state index in [4.69, 9.17) is 9.26 Å². The third kappa shape index (κ3) is 4.47. The molecule has 0 aliphatic carbocycles. The standard InChI is InChI=1S/C18H30N5O7P/c1-5-10(30-31(27,28)18(3,26)6-2)7-11-13(24)14(25)17(29-11)23-9-22-12-15(19-4)20-8-21-16(12)23/h8-11,13-14,17,24-26H,5-7H2,1-4H3,(H,27,28)(H,19,20,21)/t10?,11?,13-,14-,17-,18?/m1/s1. The summed E-state index contributed by atoms with van der Waals surface area (Å²) >= 11 is 0. The predicted molar refractivity (Wildman–Crippen MR) is 111 cm³/mol. The summed E-state index contributed by atoms with van der Waals surface area (Å²) in [5.74, 6) is 0.509. The predicted octanol–water partition coefficient (Wildman–Crippen LogP) is 0.976. The number of imidazole rings is 1. The van der Waals surface area contributed by atoms with E-state index in [9.17, 15) is 24.8 Å². The van der Waals surface area contributed by atoms with Crippen molar-refractivity contribution in [3.05, 3.63) is 12.7 Å². The third-order valence-corrected chi connectivity index (χ3v) is 7.85. The topological polar surface area (TPSA) is 172 Å². The van der Waals surface area contributed by atoms with E-state index in [2.05, 4.69) is 20.3 Å². The third-order valence-electron chi connectivity index (χ3n) is 5.73. The molecule has 7 atom stereocenters. The number of ether oxygens (including phenoxy) is 1. The average molecular weight is 459 g/mol. The van der Waals surface area contributed by atoms with Crippen LogP contribution in [0.4, 0.5) is 5.82 Å². The van der Waals surface area contributed by atoms with Crippen LogP contribution in [0, 0.1) is 0 Å². The van der Waals surface area contributed by atoms with Gasteiger partial charge in [0, 0.05) is 13.5 Å².